The van der Waals surface area contributed by atoms with Crippen molar-refractivity contribution in [1.29, 1.82) is 0 Å². The number of anilines is 1. The van der Waals surface area contributed by atoms with Crippen molar-refractivity contribution < 1.29 is 4.79 Å². The molecule has 120 valence electrons. The fourth-order valence-corrected chi connectivity index (χ4v) is 1.99. The molecule has 1 heterocycles. The fourth-order valence-electron chi connectivity index (χ4n) is 1.99. The molecule has 0 unspecified atom stereocenters. The van der Waals surface area contributed by atoms with Crippen molar-refractivity contribution in [2.45, 2.75) is 33.1 Å². The standard InChI is InChI=1S/C16H22N4O.ClH/c1-11(2)14-10-15(18-16(21)8-9-17)20(19-14)13-6-4-12(3)5-7-13;/h4-7,10-11H,8-9,17H2,1-3H3,(H,18,21);1H. The van der Waals surface area contributed by atoms with Gasteiger partial charge in [-0.15, -0.1) is 12.4 Å². The number of carbonyl (C=O) groups is 1. The second-order valence-corrected chi connectivity index (χ2v) is 5.44. The Bertz CT molecular complexity index is 620. The number of nitrogens with two attached hydrogens (primary N) is 1. The van der Waals surface area contributed by atoms with Gasteiger partial charge in [-0.2, -0.15) is 5.10 Å². The molecule has 0 radical (unpaired) electrons. The normalized spacial score (nSPS) is 10.4. The number of nitrogens with one attached hydrogen (secondary N) is 1. The van der Waals surface area contributed by atoms with Crippen LogP contribution in [0.15, 0.2) is 30.3 Å². The third kappa shape index (κ3) is 4.32. The summed E-state index contributed by atoms with van der Waals surface area (Å²) in [6, 6.07) is 9.95. The minimum atomic E-state index is -0.0962. The van der Waals surface area contributed by atoms with Crippen molar-refractivity contribution in [3.8, 4) is 5.69 Å². The van der Waals surface area contributed by atoms with Crippen molar-refractivity contribution >= 4 is 24.1 Å². The second-order valence-electron chi connectivity index (χ2n) is 5.44. The molecule has 0 saturated heterocycles. The molecule has 1 amide bonds. The minimum absolute atomic E-state index is 0. The molecular weight excluding hydrogens is 300 g/mol. The van der Waals surface area contributed by atoms with Gasteiger partial charge in [-0.1, -0.05) is 31.5 Å². The molecule has 3 N–H and O–H groups in total. The van der Waals surface area contributed by atoms with Gasteiger partial charge in [-0.25, -0.2) is 4.68 Å². The zero-order valence-electron chi connectivity index (χ0n) is 13.2. The Balaban J connectivity index is 0.00000242. The van der Waals surface area contributed by atoms with Gasteiger partial charge in [-0.3, -0.25) is 4.79 Å². The van der Waals surface area contributed by atoms with Crippen LogP contribution in [-0.2, 0) is 4.79 Å². The molecule has 0 aliphatic rings. The van der Waals surface area contributed by atoms with E-state index >= 15 is 0 Å². The predicted molar refractivity (Wildman–Crippen MR) is 91.9 cm³/mol. The van der Waals surface area contributed by atoms with E-state index in [4.69, 9.17) is 5.73 Å². The molecule has 1 aromatic carbocycles. The third-order valence-corrected chi connectivity index (χ3v) is 3.24. The number of hydrogen-bond acceptors (Lipinski definition) is 3. The summed E-state index contributed by atoms with van der Waals surface area (Å²) >= 11 is 0. The lowest BCUT2D eigenvalue weighted by atomic mass is 10.1. The summed E-state index contributed by atoms with van der Waals surface area (Å²) in [5, 5.41) is 7.47. The van der Waals surface area contributed by atoms with Crippen molar-refractivity contribution in [2.75, 3.05) is 11.9 Å². The Morgan fingerprint density at radius 1 is 1.32 bits per heavy atom. The van der Waals surface area contributed by atoms with Crippen LogP contribution in [0.3, 0.4) is 0 Å². The summed E-state index contributed by atoms with van der Waals surface area (Å²) in [5.74, 6) is 0.879. The number of carbonyl (C=O) groups excluding carboxylic acids is 1. The first kappa shape index (κ1) is 18.2. The third-order valence-electron chi connectivity index (χ3n) is 3.24. The Morgan fingerprint density at radius 2 is 1.95 bits per heavy atom. The van der Waals surface area contributed by atoms with Gasteiger partial charge in [0.25, 0.3) is 0 Å². The monoisotopic (exact) mass is 322 g/mol. The Morgan fingerprint density at radius 3 is 2.50 bits per heavy atom. The van der Waals surface area contributed by atoms with Crippen LogP contribution < -0.4 is 11.1 Å². The van der Waals surface area contributed by atoms with Crippen molar-refractivity contribution in [3.63, 3.8) is 0 Å². The largest absolute Gasteiger partial charge is 0.330 e. The molecule has 0 atom stereocenters. The van der Waals surface area contributed by atoms with E-state index in [2.05, 4.69) is 24.3 Å². The molecule has 2 aromatic rings. The molecule has 0 fully saturated rings. The molecule has 0 spiro atoms. The van der Waals surface area contributed by atoms with Crippen LogP contribution in [0.5, 0.6) is 0 Å². The van der Waals surface area contributed by atoms with E-state index in [1.165, 1.54) is 5.56 Å². The molecule has 0 saturated carbocycles. The van der Waals surface area contributed by atoms with Gasteiger partial charge in [0.1, 0.15) is 5.82 Å². The van der Waals surface area contributed by atoms with Gasteiger partial charge in [-0.05, 0) is 25.0 Å². The molecule has 0 aliphatic heterocycles. The van der Waals surface area contributed by atoms with Gasteiger partial charge in [0.15, 0.2) is 0 Å². The van der Waals surface area contributed by atoms with E-state index in [1.54, 1.807) is 4.68 Å². The van der Waals surface area contributed by atoms with Gasteiger partial charge in [0, 0.05) is 19.0 Å². The summed E-state index contributed by atoms with van der Waals surface area (Å²) in [5.41, 5.74) is 8.47. The zero-order valence-corrected chi connectivity index (χ0v) is 14.0. The lowest BCUT2D eigenvalue weighted by Gasteiger charge is -2.08. The number of rotatable bonds is 5. The molecule has 22 heavy (non-hydrogen) atoms. The highest BCUT2D eigenvalue weighted by atomic mass is 35.5. The van der Waals surface area contributed by atoms with E-state index in [1.807, 2.05) is 37.3 Å². The quantitative estimate of drug-likeness (QED) is 0.888. The van der Waals surface area contributed by atoms with Crippen LogP contribution in [0.25, 0.3) is 5.69 Å². The highest BCUT2D eigenvalue weighted by Gasteiger charge is 2.14. The smallest absolute Gasteiger partial charge is 0.226 e. The van der Waals surface area contributed by atoms with Crippen LogP contribution in [0.1, 0.15) is 37.4 Å². The molecule has 5 nitrogen and oxygen atoms in total. The Labute approximate surface area is 137 Å². The Kier molecular flexibility index (Phi) is 6.59. The van der Waals surface area contributed by atoms with Crippen LogP contribution in [0.4, 0.5) is 5.82 Å². The van der Waals surface area contributed by atoms with Crippen molar-refractivity contribution in [2.24, 2.45) is 5.73 Å². The summed E-state index contributed by atoms with van der Waals surface area (Å²) in [6.45, 7) is 6.53. The summed E-state index contributed by atoms with van der Waals surface area (Å²) in [7, 11) is 0. The zero-order chi connectivity index (χ0) is 15.4. The summed E-state index contributed by atoms with van der Waals surface area (Å²) < 4.78 is 1.77. The summed E-state index contributed by atoms with van der Waals surface area (Å²) in [4.78, 5) is 11.8. The lowest BCUT2D eigenvalue weighted by molar-refractivity contribution is -0.116. The first-order chi connectivity index (χ1) is 10.0. The minimum Gasteiger partial charge on any atom is -0.330 e. The number of hydrogen-bond donors (Lipinski definition) is 2. The average molecular weight is 323 g/mol. The van der Waals surface area contributed by atoms with Gasteiger partial charge < -0.3 is 11.1 Å². The molecule has 6 heteroatoms. The van der Waals surface area contributed by atoms with Gasteiger partial charge in [0.2, 0.25) is 5.91 Å². The number of amides is 1. The number of benzene rings is 1. The van der Waals surface area contributed by atoms with E-state index in [9.17, 15) is 4.79 Å². The topological polar surface area (TPSA) is 72.9 Å². The maximum absolute atomic E-state index is 11.8. The molecule has 0 aliphatic carbocycles. The van der Waals surface area contributed by atoms with Crippen molar-refractivity contribution in [3.05, 3.63) is 41.6 Å². The highest BCUT2D eigenvalue weighted by Crippen LogP contribution is 2.22. The first-order valence-corrected chi connectivity index (χ1v) is 7.18. The molecule has 2 rings (SSSR count). The van der Waals surface area contributed by atoms with Gasteiger partial charge >= 0.3 is 0 Å². The lowest BCUT2D eigenvalue weighted by Crippen LogP contribution is -2.18. The molecule has 0 bridgehead atoms. The van der Waals surface area contributed by atoms with E-state index in [0.717, 1.165) is 11.4 Å². The van der Waals surface area contributed by atoms with Gasteiger partial charge in [0.05, 0.1) is 11.4 Å². The SMILES string of the molecule is Cc1ccc(-n2nc(C(C)C)cc2NC(=O)CCN)cc1.Cl. The molecule has 1 aromatic heterocycles. The molecular formula is C16H23ClN4O. The Hall–Kier alpha value is -1.85. The summed E-state index contributed by atoms with van der Waals surface area (Å²) in [6.07, 6.45) is 0.302. The van der Waals surface area contributed by atoms with Crippen LogP contribution in [-0.4, -0.2) is 22.2 Å². The van der Waals surface area contributed by atoms with E-state index < -0.39 is 0 Å². The van der Waals surface area contributed by atoms with Crippen LogP contribution in [0, 0.1) is 6.92 Å². The van der Waals surface area contributed by atoms with E-state index in [0.29, 0.717) is 24.7 Å². The van der Waals surface area contributed by atoms with E-state index in [-0.39, 0.29) is 18.3 Å². The second kappa shape index (κ2) is 7.96. The number of aromatic nitrogens is 2. The number of aryl methyl sites for hydroxylation is 1. The fraction of sp³-hybridized carbons (Fsp3) is 0.375. The highest BCUT2D eigenvalue weighted by molar-refractivity contribution is 5.90. The van der Waals surface area contributed by atoms with Crippen LogP contribution in [0.2, 0.25) is 0 Å². The predicted octanol–water partition coefficient (Wildman–Crippen LogP) is 3.01. The number of halogens is 1. The average Bonchev–Trinajstić information content (AvgIpc) is 2.84. The van der Waals surface area contributed by atoms with Crippen LogP contribution >= 0.6 is 12.4 Å². The maximum atomic E-state index is 11.8. The number of nitrogens with zero attached hydrogens (tertiary/aromatic N) is 2. The first-order valence-electron chi connectivity index (χ1n) is 7.18. The van der Waals surface area contributed by atoms with Crippen molar-refractivity contribution in [1.82, 2.24) is 9.78 Å². The maximum Gasteiger partial charge on any atom is 0.226 e.